The van der Waals surface area contributed by atoms with Crippen LogP contribution in [-0.4, -0.2) is 0 Å². The third-order valence-electron chi connectivity index (χ3n) is 4.49. The zero-order valence-corrected chi connectivity index (χ0v) is 15.4. The SMILES string of the molecule is CC(C)=CCC/C(C)=C/Cc1cc(F)cc2oc3ccccc3c(=O)c12. The van der Waals surface area contributed by atoms with E-state index >= 15 is 0 Å². The zero-order chi connectivity index (χ0) is 18.7. The highest BCUT2D eigenvalue weighted by Crippen LogP contribution is 2.23. The van der Waals surface area contributed by atoms with Gasteiger partial charge in [-0.1, -0.05) is 35.4 Å². The molecule has 1 aromatic heterocycles. The normalized spacial score (nSPS) is 11.9. The Hall–Kier alpha value is -2.68. The van der Waals surface area contributed by atoms with Crippen LogP contribution < -0.4 is 5.43 Å². The summed E-state index contributed by atoms with van der Waals surface area (Å²) in [5.74, 6) is -0.387. The van der Waals surface area contributed by atoms with Crippen molar-refractivity contribution in [2.75, 3.05) is 0 Å². The number of hydrogen-bond acceptors (Lipinski definition) is 2. The summed E-state index contributed by atoms with van der Waals surface area (Å²) in [6, 6.07) is 9.81. The second-order valence-electron chi connectivity index (χ2n) is 6.94. The minimum absolute atomic E-state index is 0.104. The Morgan fingerprint density at radius 3 is 2.62 bits per heavy atom. The van der Waals surface area contributed by atoms with E-state index in [0.29, 0.717) is 33.9 Å². The lowest BCUT2D eigenvalue weighted by atomic mass is 10.0. The molecular weight excluding hydrogens is 327 g/mol. The van der Waals surface area contributed by atoms with E-state index in [4.69, 9.17) is 4.42 Å². The van der Waals surface area contributed by atoms with Gasteiger partial charge in [-0.25, -0.2) is 4.39 Å². The van der Waals surface area contributed by atoms with Crippen LogP contribution in [0.4, 0.5) is 4.39 Å². The molecule has 0 N–H and O–H groups in total. The highest BCUT2D eigenvalue weighted by molar-refractivity contribution is 5.91. The average Bonchev–Trinajstić information content (AvgIpc) is 2.59. The summed E-state index contributed by atoms with van der Waals surface area (Å²) in [7, 11) is 0. The van der Waals surface area contributed by atoms with E-state index in [1.54, 1.807) is 18.2 Å². The largest absolute Gasteiger partial charge is 0.456 e. The molecule has 0 aliphatic rings. The fraction of sp³-hybridized carbons (Fsp3) is 0.261. The summed E-state index contributed by atoms with van der Waals surface area (Å²) in [4.78, 5) is 12.9. The van der Waals surface area contributed by atoms with Gasteiger partial charge in [0.05, 0.1) is 10.8 Å². The highest BCUT2D eigenvalue weighted by Gasteiger charge is 2.12. The van der Waals surface area contributed by atoms with Crippen molar-refractivity contribution in [1.29, 1.82) is 0 Å². The van der Waals surface area contributed by atoms with E-state index in [2.05, 4.69) is 32.9 Å². The summed E-state index contributed by atoms with van der Waals surface area (Å²) < 4.78 is 19.8. The smallest absolute Gasteiger partial charge is 0.200 e. The van der Waals surface area contributed by atoms with E-state index in [1.807, 2.05) is 6.07 Å². The van der Waals surface area contributed by atoms with Gasteiger partial charge in [0.1, 0.15) is 17.0 Å². The van der Waals surface area contributed by atoms with E-state index in [9.17, 15) is 9.18 Å². The molecule has 0 aliphatic carbocycles. The van der Waals surface area contributed by atoms with Gasteiger partial charge >= 0.3 is 0 Å². The molecule has 3 heteroatoms. The van der Waals surface area contributed by atoms with Crippen LogP contribution in [0.1, 0.15) is 39.2 Å². The van der Waals surface area contributed by atoms with Gasteiger partial charge in [-0.15, -0.1) is 0 Å². The van der Waals surface area contributed by atoms with Gasteiger partial charge in [-0.3, -0.25) is 4.79 Å². The van der Waals surface area contributed by atoms with Gasteiger partial charge in [0.15, 0.2) is 0 Å². The molecule has 3 rings (SSSR count). The maximum absolute atomic E-state index is 14.1. The standard InChI is InChI=1S/C23H23FO2/c1-15(2)7-6-8-16(3)11-12-17-13-18(24)14-21-22(17)23(25)19-9-4-5-10-20(19)26-21/h4-5,7,9-11,13-14H,6,8,12H2,1-3H3/b16-11+. The molecule has 0 radical (unpaired) electrons. The van der Waals surface area contributed by atoms with Gasteiger partial charge in [0.25, 0.3) is 0 Å². The number of allylic oxidation sites excluding steroid dienone is 4. The van der Waals surface area contributed by atoms with Gasteiger partial charge in [-0.05, 0) is 63.8 Å². The van der Waals surface area contributed by atoms with Crippen LogP contribution in [0.3, 0.4) is 0 Å². The van der Waals surface area contributed by atoms with Crippen LogP contribution >= 0.6 is 0 Å². The van der Waals surface area contributed by atoms with E-state index in [0.717, 1.165) is 12.8 Å². The van der Waals surface area contributed by atoms with Crippen molar-refractivity contribution in [3.8, 4) is 0 Å². The fourth-order valence-corrected chi connectivity index (χ4v) is 3.11. The van der Waals surface area contributed by atoms with Gasteiger partial charge in [-0.2, -0.15) is 0 Å². The average molecular weight is 350 g/mol. The number of hydrogen-bond donors (Lipinski definition) is 0. The monoisotopic (exact) mass is 350 g/mol. The number of rotatable bonds is 5. The van der Waals surface area contributed by atoms with Gasteiger partial charge < -0.3 is 4.42 Å². The topological polar surface area (TPSA) is 30.2 Å². The third-order valence-corrected chi connectivity index (χ3v) is 4.49. The first-order chi connectivity index (χ1) is 12.5. The first kappa shape index (κ1) is 18.1. The van der Waals surface area contributed by atoms with E-state index < -0.39 is 0 Å². The number of halogens is 1. The van der Waals surface area contributed by atoms with Crippen LogP contribution in [-0.2, 0) is 6.42 Å². The highest BCUT2D eigenvalue weighted by atomic mass is 19.1. The van der Waals surface area contributed by atoms with Crippen molar-refractivity contribution in [2.24, 2.45) is 0 Å². The van der Waals surface area contributed by atoms with Crippen LogP contribution in [0.5, 0.6) is 0 Å². The third kappa shape index (κ3) is 3.93. The molecule has 0 bridgehead atoms. The van der Waals surface area contributed by atoms with E-state index in [1.165, 1.54) is 23.3 Å². The zero-order valence-electron chi connectivity index (χ0n) is 15.4. The second-order valence-corrected chi connectivity index (χ2v) is 6.94. The Balaban J connectivity index is 2.01. The molecule has 2 aromatic carbocycles. The predicted octanol–water partition coefficient (Wildman–Crippen LogP) is 6.32. The number of para-hydroxylation sites is 1. The molecule has 2 nitrogen and oxygen atoms in total. The molecule has 3 aromatic rings. The first-order valence-electron chi connectivity index (χ1n) is 8.88. The van der Waals surface area contributed by atoms with E-state index in [-0.39, 0.29) is 11.2 Å². The van der Waals surface area contributed by atoms with Crippen molar-refractivity contribution < 1.29 is 8.81 Å². The lowest BCUT2D eigenvalue weighted by Crippen LogP contribution is -2.05. The molecule has 134 valence electrons. The summed E-state index contributed by atoms with van der Waals surface area (Å²) in [5, 5.41) is 0.996. The van der Waals surface area contributed by atoms with Gasteiger partial charge in [0, 0.05) is 6.07 Å². The minimum atomic E-state index is -0.387. The Morgan fingerprint density at radius 1 is 1.08 bits per heavy atom. The van der Waals surface area contributed by atoms with Crippen molar-refractivity contribution in [3.05, 3.63) is 81.3 Å². The number of benzene rings is 2. The fourth-order valence-electron chi connectivity index (χ4n) is 3.11. The summed E-state index contributed by atoms with van der Waals surface area (Å²) in [5.41, 5.74) is 3.88. The summed E-state index contributed by atoms with van der Waals surface area (Å²) in [6.07, 6.45) is 6.73. The lowest BCUT2D eigenvalue weighted by molar-refractivity contribution is 0.613. The van der Waals surface area contributed by atoms with Crippen molar-refractivity contribution in [3.63, 3.8) is 0 Å². The van der Waals surface area contributed by atoms with Crippen molar-refractivity contribution in [2.45, 2.75) is 40.0 Å². The first-order valence-corrected chi connectivity index (χ1v) is 8.88. The quantitative estimate of drug-likeness (QED) is 0.398. The predicted molar refractivity (Wildman–Crippen MR) is 106 cm³/mol. The molecule has 0 atom stereocenters. The van der Waals surface area contributed by atoms with Gasteiger partial charge in [0.2, 0.25) is 5.43 Å². The molecule has 0 amide bonds. The maximum atomic E-state index is 14.1. The summed E-state index contributed by atoms with van der Waals surface area (Å²) >= 11 is 0. The number of fused-ring (bicyclic) bond motifs is 2. The molecule has 0 aliphatic heterocycles. The minimum Gasteiger partial charge on any atom is -0.456 e. The summed E-state index contributed by atoms with van der Waals surface area (Å²) in [6.45, 7) is 6.24. The molecule has 1 heterocycles. The second kappa shape index (κ2) is 7.69. The Kier molecular flexibility index (Phi) is 5.36. The Bertz CT molecular complexity index is 1070. The van der Waals surface area contributed by atoms with Crippen LogP contribution in [0, 0.1) is 5.82 Å². The lowest BCUT2D eigenvalue weighted by Gasteiger charge is -2.07. The molecule has 0 unspecified atom stereocenters. The maximum Gasteiger partial charge on any atom is 0.200 e. The van der Waals surface area contributed by atoms with Crippen LogP contribution in [0.25, 0.3) is 21.9 Å². The molecule has 26 heavy (non-hydrogen) atoms. The molecule has 0 fully saturated rings. The van der Waals surface area contributed by atoms with Crippen LogP contribution in [0.2, 0.25) is 0 Å². The molecule has 0 spiro atoms. The van der Waals surface area contributed by atoms with Crippen molar-refractivity contribution in [1.82, 2.24) is 0 Å². The van der Waals surface area contributed by atoms with Crippen LogP contribution in [0.15, 0.2) is 68.9 Å². The van der Waals surface area contributed by atoms with Crippen molar-refractivity contribution >= 4 is 21.9 Å². The Labute approximate surface area is 152 Å². The Morgan fingerprint density at radius 2 is 1.85 bits per heavy atom. The molecular formula is C23H23FO2. The molecule has 0 saturated carbocycles. The molecule has 0 saturated heterocycles.